The van der Waals surface area contributed by atoms with Crippen LogP contribution in [0.5, 0.6) is 0 Å². The molecule has 0 heteroatoms. The Kier molecular flexibility index (Phi) is 7.68. The van der Waals surface area contributed by atoms with Crippen molar-refractivity contribution in [3.05, 3.63) is 33.4 Å². The molecule has 2 rings (SSSR count). The van der Waals surface area contributed by atoms with Gasteiger partial charge in [0.25, 0.3) is 0 Å². The largest absolute Gasteiger partial charge is 0.107 e. The predicted molar refractivity (Wildman–Crippen MR) is 128 cm³/mol. The highest BCUT2D eigenvalue weighted by Crippen LogP contribution is 2.52. The maximum atomic E-state index is 3.37. The molecule has 0 bridgehead atoms. The first kappa shape index (κ1) is 23.6. The van der Waals surface area contributed by atoms with Gasteiger partial charge >= 0.3 is 0 Å². The molecule has 158 valence electrons. The minimum atomic E-state index is 0.346. The fraction of sp³-hybridized carbons (Fsp3) is 0.655. The van der Waals surface area contributed by atoms with Crippen molar-refractivity contribution in [3.63, 3.8) is 0 Å². The molecule has 1 aromatic carbocycles. The molecule has 1 aliphatic carbocycles. The van der Waals surface area contributed by atoms with E-state index in [1.54, 1.807) is 5.56 Å². The van der Waals surface area contributed by atoms with Crippen molar-refractivity contribution in [2.24, 2.45) is 29.1 Å². The molecule has 0 N–H and O–H groups in total. The molecule has 29 heavy (non-hydrogen) atoms. The summed E-state index contributed by atoms with van der Waals surface area (Å²) in [5, 5.41) is 0. The monoisotopic (exact) mass is 390 g/mol. The summed E-state index contributed by atoms with van der Waals surface area (Å²) >= 11 is 0. The first-order valence-electron chi connectivity index (χ1n) is 11.4. The van der Waals surface area contributed by atoms with Gasteiger partial charge in [-0.05, 0) is 117 Å². The zero-order chi connectivity index (χ0) is 21.9. The molecule has 0 aliphatic heterocycles. The van der Waals surface area contributed by atoms with Gasteiger partial charge in [-0.2, -0.15) is 0 Å². The van der Waals surface area contributed by atoms with Gasteiger partial charge in [0.2, 0.25) is 0 Å². The van der Waals surface area contributed by atoms with Crippen molar-refractivity contribution in [2.45, 2.75) is 94.9 Å². The molecule has 1 fully saturated rings. The summed E-state index contributed by atoms with van der Waals surface area (Å²) in [7, 11) is 0. The highest BCUT2D eigenvalue weighted by atomic mass is 14.5. The number of hydrogen-bond donors (Lipinski definition) is 0. The molecule has 1 aromatic rings. The van der Waals surface area contributed by atoms with Crippen LogP contribution >= 0.6 is 0 Å². The molecule has 0 aromatic heterocycles. The van der Waals surface area contributed by atoms with Crippen LogP contribution in [0.4, 0.5) is 0 Å². The van der Waals surface area contributed by atoms with Gasteiger partial charge in [-0.3, -0.25) is 0 Å². The second kappa shape index (κ2) is 9.43. The van der Waals surface area contributed by atoms with E-state index < -0.39 is 0 Å². The van der Waals surface area contributed by atoms with E-state index in [1.165, 1.54) is 40.7 Å². The number of benzene rings is 1. The van der Waals surface area contributed by atoms with E-state index in [-0.39, 0.29) is 0 Å². The SMILES string of the molecule is CC#CCc1c(C)c(C)c(CC2C(C)C(C)C(CC#CC)CC2(C)C)c(C)c1C. The van der Waals surface area contributed by atoms with E-state index in [1.807, 2.05) is 13.8 Å². The van der Waals surface area contributed by atoms with Crippen LogP contribution in [0.15, 0.2) is 0 Å². The Bertz CT molecular complexity index is 830. The Morgan fingerprint density at radius 2 is 1.31 bits per heavy atom. The van der Waals surface area contributed by atoms with Gasteiger partial charge in [0, 0.05) is 12.8 Å². The van der Waals surface area contributed by atoms with E-state index in [0.717, 1.165) is 24.7 Å². The summed E-state index contributed by atoms with van der Waals surface area (Å²) in [4.78, 5) is 0. The molecule has 0 radical (unpaired) electrons. The Hall–Kier alpha value is -1.66. The Morgan fingerprint density at radius 3 is 1.83 bits per heavy atom. The fourth-order valence-electron chi connectivity index (χ4n) is 5.91. The molecule has 4 atom stereocenters. The highest BCUT2D eigenvalue weighted by molar-refractivity contribution is 5.51. The smallest absolute Gasteiger partial charge is 0.0345 e. The zero-order valence-corrected chi connectivity index (χ0v) is 20.6. The Morgan fingerprint density at radius 1 is 0.793 bits per heavy atom. The number of hydrogen-bond acceptors (Lipinski definition) is 0. The summed E-state index contributed by atoms with van der Waals surface area (Å²) in [6, 6.07) is 0. The third-order valence-corrected chi connectivity index (χ3v) is 8.34. The fourth-order valence-corrected chi connectivity index (χ4v) is 5.91. The van der Waals surface area contributed by atoms with Crippen LogP contribution in [-0.4, -0.2) is 0 Å². The van der Waals surface area contributed by atoms with Gasteiger partial charge in [-0.15, -0.1) is 17.8 Å². The van der Waals surface area contributed by atoms with Crippen LogP contribution < -0.4 is 0 Å². The van der Waals surface area contributed by atoms with Crippen LogP contribution in [0, 0.1) is 80.5 Å². The summed E-state index contributed by atoms with van der Waals surface area (Å²) in [5.74, 6) is 15.7. The van der Waals surface area contributed by atoms with Gasteiger partial charge in [0.15, 0.2) is 0 Å². The highest BCUT2D eigenvalue weighted by Gasteiger charge is 2.44. The topological polar surface area (TPSA) is 0 Å². The van der Waals surface area contributed by atoms with Gasteiger partial charge in [0.1, 0.15) is 0 Å². The number of rotatable bonds is 4. The third-order valence-electron chi connectivity index (χ3n) is 8.34. The molecular weight excluding hydrogens is 348 g/mol. The molecule has 4 unspecified atom stereocenters. The minimum absolute atomic E-state index is 0.346. The molecular formula is C29H42. The quantitative estimate of drug-likeness (QED) is 0.471. The maximum absolute atomic E-state index is 3.37. The Balaban J connectivity index is 2.42. The standard InChI is InChI=1S/C29H42/c1-11-13-15-25-18-29(9,10)28(24(8)19(25)3)17-27-22(6)20(4)26(16-14-12-2)21(5)23(27)7/h19,24-25,28H,15-18H2,1-10H3. The van der Waals surface area contributed by atoms with E-state index >= 15 is 0 Å². The lowest BCUT2D eigenvalue weighted by Gasteiger charge is -2.50. The van der Waals surface area contributed by atoms with Crippen molar-refractivity contribution < 1.29 is 0 Å². The molecule has 0 spiro atoms. The Labute approximate surface area is 181 Å². The summed E-state index contributed by atoms with van der Waals surface area (Å²) in [6.45, 7) is 23.2. The minimum Gasteiger partial charge on any atom is -0.107 e. The van der Waals surface area contributed by atoms with Gasteiger partial charge in [0.05, 0.1) is 0 Å². The second-order valence-corrected chi connectivity index (χ2v) is 10.2. The summed E-state index contributed by atoms with van der Waals surface area (Å²) < 4.78 is 0. The van der Waals surface area contributed by atoms with E-state index in [4.69, 9.17) is 0 Å². The lowest BCUT2D eigenvalue weighted by molar-refractivity contribution is 0.00164. The van der Waals surface area contributed by atoms with Crippen molar-refractivity contribution in [3.8, 4) is 23.7 Å². The van der Waals surface area contributed by atoms with Crippen LogP contribution in [0.3, 0.4) is 0 Å². The maximum Gasteiger partial charge on any atom is 0.0345 e. The first-order chi connectivity index (χ1) is 13.6. The van der Waals surface area contributed by atoms with E-state index in [2.05, 4.69) is 79.1 Å². The van der Waals surface area contributed by atoms with Crippen molar-refractivity contribution >= 4 is 0 Å². The van der Waals surface area contributed by atoms with Crippen LogP contribution in [0.25, 0.3) is 0 Å². The van der Waals surface area contributed by atoms with Crippen LogP contribution in [-0.2, 0) is 12.8 Å². The zero-order valence-electron chi connectivity index (χ0n) is 20.6. The average Bonchev–Trinajstić information content (AvgIpc) is 2.67. The van der Waals surface area contributed by atoms with Gasteiger partial charge < -0.3 is 0 Å². The second-order valence-electron chi connectivity index (χ2n) is 10.2. The van der Waals surface area contributed by atoms with Crippen molar-refractivity contribution in [2.75, 3.05) is 0 Å². The molecule has 0 amide bonds. The summed E-state index contributed by atoms with van der Waals surface area (Å²) in [6.07, 6.45) is 4.42. The van der Waals surface area contributed by atoms with Crippen LogP contribution in [0.1, 0.15) is 87.8 Å². The molecule has 1 aliphatic rings. The first-order valence-corrected chi connectivity index (χ1v) is 11.4. The third kappa shape index (κ3) is 4.75. The molecule has 0 nitrogen and oxygen atoms in total. The van der Waals surface area contributed by atoms with Gasteiger partial charge in [-0.1, -0.05) is 33.6 Å². The van der Waals surface area contributed by atoms with E-state index in [0.29, 0.717) is 17.3 Å². The van der Waals surface area contributed by atoms with Crippen molar-refractivity contribution in [1.29, 1.82) is 0 Å². The summed E-state index contributed by atoms with van der Waals surface area (Å²) in [5.41, 5.74) is 9.29. The van der Waals surface area contributed by atoms with E-state index in [9.17, 15) is 0 Å². The molecule has 1 saturated carbocycles. The lowest BCUT2D eigenvalue weighted by Crippen LogP contribution is -2.43. The van der Waals surface area contributed by atoms with Crippen LogP contribution in [0.2, 0.25) is 0 Å². The molecule has 0 saturated heterocycles. The van der Waals surface area contributed by atoms with Gasteiger partial charge in [-0.25, -0.2) is 0 Å². The predicted octanol–water partition coefficient (Wildman–Crippen LogP) is 7.38. The average molecular weight is 391 g/mol. The molecule has 0 heterocycles. The lowest BCUT2D eigenvalue weighted by atomic mass is 9.55. The normalized spacial score (nSPS) is 25.6. The van der Waals surface area contributed by atoms with Crippen molar-refractivity contribution in [1.82, 2.24) is 0 Å².